The number of hydrogen-bond donors (Lipinski definition) is 0. The number of rotatable bonds is 3. The standard InChI is InChI=1S/C27H27.2ClH.Zr/c1-5-19-11-9-10-14-23(19)26-24-18-22(20-12-7-6-8-13-20)17-21(24)15-16-25(26)27(2,3)4;;;/h6-18H,5H2,1-4H3;2*1H;/q-1;;;+2/p-2. The Bertz CT molecular complexity index is 1100. The van der Waals surface area contributed by atoms with Crippen molar-refractivity contribution >= 4 is 27.8 Å². The molecule has 0 saturated heterocycles. The molecule has 0 aliphatic heterocycles. The van der Waals surface area contributed by atoms with Crippen molar-refractivity contribution in [3.8, 4) is 22.3 Å². The molecule has 0 bridgehead atoms. The Labute approximate surface area is 199 Å². The van der Waals surface area contributed by atoms with Crippen LogP contribution < -0.4 is 0 Å². The van der Waals surface area contributed by atoms with Gasteiger partial charge in [0.25, 0.3) is 0 Å². The summed E-state index contributed by atoms with van der Waals surface area (Å²) in [4.78, 5) is 0. The van der Waals surface area contributed by atoms with Gasteiger partial charge in [-0.3, -0.25) is 0 Å². The van der Waals surface area contributed by atoms with Crippen molar-refractivity contribution in [3.05, 3.63) is 90.0 Å². The number of halogens is 2. The monoisotopic (exact) mass is 511 g/mol. The minimum absolute atomic E-state index is 0.0918. The van der Waals surface area contributed by atoms with Crippen LogP contribution in [0.2, 0.25) is 0 Å². The Balaban J connectivity index is 0.000000806. The first-order chi connectivity index (χ1) is 14.4. The van der Waals surface area contributed by atoms with Crippen molar-refractivity contribution < 1.29 is 20.8 Å². The molecule has 0 aliphatic carbocycles. The van der Waals surface area contributed by atoms with Crippen molar-refractivity contribution in [2.75, 3.05) is 0 Å². The van der Waals surface area contributed by atoms with Crippen molar-refractivity contribution in [2.45, 2.75) is 39.5 Å². The molecule has 0 spiro atoms. The second-order valence-electron chi connectivity index (χ2n) is 8.43. The molecule has 4 aromatic carbocycles. The van der Waals surface area contributed by atoms with E-state index in [2.05, 4.69) is 107 Å². The van der Waals surface area contributed by atoms with E-state index in [0.717, 1.165) is 6.42 Å². The van der Waals surface area contributed by atoms with E-state index < -0.39 is 20.8 Å². The van der Waals surface area contributed by atoms with E-state index in [1.54, 1.807) is 0 Å². The summed E-state index contributed by atoms with van der Waals surface area (Å²) in [7, 11) is 9.87. The van der Waals surface area contributed by atoms with Crippen molar-refractivity contribution in [2.24, 2.45) is 0 Å². The SMILES string of the molecule is CCc1ccccc1-c1c(C(C)(C)C)ccc2[cH-]c(-c3ccccc3)cc12.[Cl][Zr][Cl]. The molecule has 0 amide bonds. The third-order valence-corrected chi connectivity index (χ3v) is 5.47. The Hall–Kier alpha value is -1.27. The molecule has 4 aromatic rings. The zero-order valence-electron chi connectivity index (χ0n) is 18.0. The van der Waals surface area contributed by atoms with Gasteiger partial charge < -0.3 is 0 Å². The van der Waals surface area contributed by atoms with E-state index in [0.29, 0.717) is 0 Å². The normalized spacial score (nSPS) is 11.1. The van der Waals surface area contributed by atoms with Crippen LogP contribution in [0, 0.1) is 0 Å². The molecule has 0 unspecified atom stereocenters. The van der Waals surface area contributed by atoms with Gasteiger partial charge in [0.15, 0.2) is 0 Å². The molecule has 0 radical (unpaired) electrons. The zero-order valence-corrected chi connectivity index (χ0v) is 21.9. The molecule has 0 nitrogen and oxygen atoms in total. The number of fused-ring (bicyclic) bond motifs is 1. The van der Waals surface area contributed by atoms with Gasteiger partial charge in [-0.05, 0) is 34.1 Å². The third-order valence-electron chi connectivity index (χ3n) is 5.47. The van der Waals surface area contributed by atoms with Gasteiger partial charge in [-0.2, -0.15) is 0 Å². The van der Waals surface area contributed by atoms with Gasteiger partial charge in [-0.25, -0.2) is 0 Å². The molecular formula is C27H27Cl2Zr-. The Morgan fingerprint density at radius 1 is 0.867 bits per heavy atom. The van der Waals surface area contributed by atoms with Gasteiger partial charge in [0.2, 0.25) is 0 Å². The van der Waals surface area contributed by atoms with Gasteiger partial charge in [-0.15, -0.1) is 34.5 Å². The van der Waals surface area contributed by atoms with Crippen LogP contribution in [0.15, 0.2) is 78.9 Å². The summed E-state index contributed by atoms with van der Waals surface area (Å²) in [6.45, 7) is 9.18. The van der Waals surface area contributed by atoms with Crippen molar-refractivity contribution in [1.29, 1.82) is 0 Å². The summed E-state index contributed by atoms with van der Waals surface area (Å²) >= 11 is -0.826. The van der Waals surface area contributed by atoms with Crippen LogP contribution in [0.25, 0.3) is 33.0 Å². The zero-order chi connectivity index (χ0) is 21.7. The van der Waals surface area contributed by atoms with Gasteiger partial charge >= 0.3 is 37.9 Å². The maximum absolute atomic E-state index is 4.93. The van der Waals surface area contributed by atoms with Gasteiger partial charge in [-0.1, -0.05) is 93.9 Å². The van der Waals surface area contributed by atoms with Crippen LogP contribution in [0.4, 0.5) is 0 Å². The summed E-state index contributed by atoms with van der Waals surface area (Å²) in [5, 5.41) is 2.69. The average Bonchev–Trinajstić information content (AvgIpc) is 3.18. The van der Waals surface area contributed by atoms with E-state index in [1.807, 2.05) is 0 Å². The predicted molar refractivity (Wildman–Crippen MR) is 130 cm³/mol. The van der Waals surface area contributed by atoms with Crippen LogP contribution in [0.1, 0.15) is 38.8 Å². The summed E-state index contributed by atoms with van der Waals surface area (Å²) < 4.78 is 0. The first-order valence-corrected chi connectivity index (χ1v) is 16.6. The molecule has 0 aliphatic rings. The Morgan fingerprint density at radius 3 is 2.13 bits per heavy atom. The quantitative estimate of drug-likeness (QED) is 0.240. The summed E-state index contributed by atoms with van der Waals surface area (Å²) in [5.74, 6) is 0. The second-order valence-corrected chi connectivity index (χ2v) is 12.2. The van der Waals surface area contributed by atoms with Gasteiger partial charge in [0.1, 0.15) is 0 Å². The second kappa shape index (κ2) is 10.4. The number of aryl methyl sites for hydroxylation is 1. The molecule has 3 heteroatoms. The Kier molecular flexibility index (Phi) is 8.08. The molecular weight excluding hydrogens is 486 g/mol. The summed E-state index contributed by atoms with van der Waals surface area (Å²) in [5.41, 5.74) is 8.28. The van der Waals surface area contributed by atoms with E-state index in [-0.39, 0.29) is 5.41 Å². The van der Waals surface area contributed by atoms with Crippen LogP contribution in [0.5, 0.6) is 0 Å². The molecule has 0 saturated carbocycles. The average molecular weight is 514 g/mol. The summed E-state index contributed by atoms with van der Waals surface area (Å²) in [6.07, 6.45) is 1.04. The van der Waals surface area contributed by atoms with Crippen molar-refractivity contribution in [3.63, 3.8) is 0 Å². The van der Waals surface area contributed by atoms with E-state index in [9.17, 15) is 0 Å². The molecule has 4 rings (SSSR count). The van der Waals surface area contributed by atoms with Gasteiger partial charge in [0, 0.05) is 0 Å². The van der Waals surface area contributed by atoms with Crippen LogP contribution in [-0.2, 0) is 32.7 Å². The Morgan fingerprint density at radius 2 is 1.50 bits per heavy atom. The molecule has 0 aromatic heterocycles. The summed E-state index contributed by atoms with van der Waals surface area (Å²) in [6, 6.07) is 28.9. The first kappa shape index (κ1) is 23.4. The molecule has 0 fully saturated rings. The molecule has 0 heterocycles. The molecule has 0 atom stereocenters. The predicted octanol–water partition coefficient (Wildman–Crippen LogP) is 9.13. The van der Waals surface area contributed by atoms with Crippen LogP contribution >= 0.6 is 17.0 Å². The minimum atomic E-state index is -0.826. The number of hydrogen-bond acceptors (Lipinski definition) is 0. The van der Waals surface area contributed by atoms with E-state index in [1.165, 1.54) is 44.2 Å². The number of benzene rings is 3. The van der Waals surface area contributed by atoms with Crippen molar-refractivity contribution in [1.82, 2.24) is 0 Å². The fourth-order valence-corrected chi connectivity index (χ4v) is 4.07. The molecule has 154 valence electrons. The first-order valence-electron chi connectivity index (χ1n) is 10.2. The third kappa shape index (κ3) is 5.13. The van der Waals surface area contributed by atoms with E-state index >= 15 is 0 Å². The topological polar surface area (TPSA) is 0 Å². The van der Waals surface area contributed by atoms with Crippen LogP contribution in [-0.4, -0.2) is 0 Å². The fourth-order valence-electron chi connectivity index (χ4n) is 4.07. The molecule has 30 heavy (non-hydrogen) atoms. The maximum atomic E-state index is 4.93. The van der Waals surface area contributed by atoms with Crippen LogP contribution in [0.3, 0.4) is 0 Å². The van der Waals surface area contributed by atoms with Gasteiger partial charge in [0.05, 0.1) is 0 Å². The van der Waals surface area contributed by atoms with E-state index in [4.69, 9.17) is 17.0 Å². The molecule has 0 N–H and O–H groups in total. The fraction of sp³-hybridized carbons (Fsp3) is 0.222.